The predicted molar refractivity (Wildman–Crippen MR) is 97.1 cm³/mol. The number of primary amides is 1. The van der Waals surface area contributed by atoms with E-state index >= 15 is 0 Å². The van der Waals surface area contributed by atoms with Crippen LogP contribution in [0.2, 0.25) is 0 Å². The number of rotatable bonds is 6. The van der Waals surface area contributed by atoms with Crippen LogP contribution in [0.25, 0.3) is 0 Å². The summed E-state index contributed by atoms with van der Waals surface area (Å²) in [5.41, 5.74) is 4.70. The Bertz CT molecular complexity index is 684. The molecule has 0 bridgehead atoms. The van der Waals surface area contributed by atoms with Gasteiger partial charge in [0.15, 0.2) is 0 Å². The van der Waals surface area contributed by atoms with E-state index in [0.717, 1.165) is 16.4 Å². The maximum absolute atomic E-state index is 11.2. The van der Waals surface area contributed by atoms with Crippen LogP contribution in [0, 0.1) is 0 Å². The highest BCUT2D eigenvalue weighted by Gasteiger charge is 2.36. The molecular weight excluding hydrogens is 338 g/mol. The van der Waals surface area contributed by atoms with Crippen molar-refractivity contribution in [2.45, 2.75) is 23.3 Å². The number of ether oxygens (including phenoxy) is 3. The first-order valence-corrected chi connectivity index (χ1v) is 9.16. The molecule has 0 unspecified atom stereocenters. The SMILES string of the molecule is NC(=O)OC1(CSc2ccc(Oc3ccccc3)cc2)CCOCC1. The van der Waals surface area contributed by atoms with Crippen molar-refractivity contribution in [3.05, 3.63) is 54.6 Å². The number of thioether (sulfide) groups is 1. The van der Waals surface area contributed by atoms with Crippen molar-refractivity contribution in [3.8, 4) is 11.5 Å². The molecule has 2 aromatic rings. The average molecular weight is 359 g/mol. The summed E-state index contributed by atoms with van der Waals surface area (Å²) in [6.07, 6.45) is 0.602. The van der Waals surface area contributed by atoms with Gasteiger partial charge in [-0.05, 0) is 36.4 Å². The van der Waals surface area contributed by atoms with Crippen molar-refractivity contribution < 1.29 is 19.0 Å². The van der Waals surface area contributed by atoms with Crippen molar-refractivity contribution in [2.75, 3.05) is 19.0 Å². The first-order chi connectivity index (χ1) is 12.2. The summed E-state index contributed by atoms with van der Waals surface area (Å²) in [7, 11) is 0. The average Bonchev–Trinajstić information content (AvgIpc) is 2.62. The first-order valence-electron chi connectivity index (χ1n) is 8.17. The second kappa shape index (κ2) is 8.27. The molecule has 0 aliphatic carbocycles. The lowest BCUT2D eigenvalue weighted by molar-refractivity contribution is -0.0537. The Morgan fingerprint density at radius 2 is 1.68 bits per heavy atom. The van der Waals surface area contributed by atoms with Gasteiger partial charge in [-0.2, -0.15) is 0 Å². The lowest BCUT2D eigenvalue weighted by atomic mass is 9.96. The summed E-state index contributed by atoms with van der Waals surface area (Å²) < 4.78 is 16.6. The summed E-state index contributed by atoms with van der Waals surface area (Å²) in [6.45, 7) is 1.16. The van der Waals surface area contributed by atoms with Gasteiger partial charge >= 0.3 is 6.09 Å². The molecule has 1 heterocycles. The highest BCUT2D eigenvalue weighted by molar-refractivity contribution is 7.99. The third-order valence-corrected chi connectivity index (χ3v) is 5.30. The quantitative estimate of drug-likeness (QED) is 0.782. The molecule has 0 aromatic heterocycles. The van der Waals surface area contributed by atoms with Gasteiger partial charge in [0.25, 0.3) is 0 Å². The highest BCUT2D eigenvalue weighted by Crippen LogP contribution is 2.33. The monoisotopic (exact) mass is 359 g/mol. The van der Waals surface area contributed by atoms with E-state index in [2.05, 4.69) is 0 Å². The Hall–Kier alpha value is -2.18. The van der Waals surface area contributed by atoms with Crippen LogP contribution in [0.1, 0.15) is 12.8 Å². The number of hydrogen-bond donors (Lipinski definition) is 1. The Morgan fingerprint density at radius 1 is 1.04 bits per heavy atom. The molecule has 5 nitrogen and oxygen atoms in total. The molecule has 0 spiro atoms. The van der Waals surface area contributed by atoms with Crippen molar-refractivity contribution in [1.82, 2.24) is 0 Å². The molecule has 1 fully saturated rings. The molecule has 1 amide bonds. The van der Waals surface area contributed by atoms with Gasteiger partial charge in [-0.3, -0.25) is 0 Å². The molecule has 2 aromatic carbocycles. The number of hydrogen-bond acceptors (Lipinski definition) is 5. The summed E-state index contributed by atoms with van der Waals surface area (Å²) in [5.74, 6) is 2.24. The number of nitrogens with two attached hydrogens (primary N) is 1. The van der Waals surface area contributed by atoms with Gasteiger partial charge in [-0.1, -0.05) is 18.2 Å². The van der Waals surface area contributed by atoms with Crippen molar-refractivity contribution in [1.29, 1.82) is 0 Å². The van der Waals surface area contributed by atoms with Gasteiger partial charge < -0.3 is 19.9 Å². The lowest BCUT2D eigenvalue weighted by Crippen LogP contribution is -2.44. The minimum absolute atomic E-state index is 0.548. The molecule has 6 heteroatoms. The normalized spacial score (nSPS) is 16.2. The van der Waals surface area contributed by atoms with Crippen LogP contribution >= 0.6 is 11.8 Å². The standard InChI is InChI=1S/C19H21NO4S/c20-18(21)24-19(10-12-22-13-11-19)14-25-17-8-6-16(7-9-17)23-15-4-2-1-3-5-15/h1-9H,10-14H2,(H2,20,21). The smallest absolute Gasteiger partial charge is 0.405 e. The Labute approximate surface area is 151 Å². The zero-order chi connectivity index (χ0) is 17.5. The molecular formula is C19H21NO4S. The topological polar surface area (TPSA) is 70.8 Å². The van der Waals surface area contributed by atoms with E-state index in [-0.39, 0.29) is 0 Å². The van der Waals surface area contributed by atoms with E-state index in [1.54, 1.807) is 11.8 Å². The van der Waals surface area contributed by atoms with E-state index in [1.807, 2.05) is 54.6 Å². The first kappa shape index (κ1) is 17.6. The maximum atomic E-state index is 11.2. The highest BCUT2D eigenvalue weighted by atomic mass is 32.2. The fraction of sp³-hybridized carbons (Fsp3) is 0.316. The molecule has 132 valence electrons. The van der Waals surface area contributed by atoms with E-state index in [0.29, 0.717) is 31.8 Å². The minimum atomic E-state index is -0.728. The van der Waals surface area contributed by atoms with Crippen LogP contribution < -0.4 is 10.5 Å². The number of amides is 1. The van der Waals surface area contributed by atoms with Crippen LogP contribution in [0.4, 0.5) is 4.79 Å². The van der Waals surface area contributed by atoms with Gasteiger partial charge in [0.2, 0.25) is 0 Å². The molecule has 3 rings (SSSR count). The molecule has 0 radical (unpaired) electrons. The zero-order valence-corrected chi connectivity index (χ0v) is 14.7. The van der Waals surface area contributed by atoms with Crippen LogP contribution in [0.5, 0.6) is 11.5 Å². The van der Waals surface area contributed by atoms with E-state index in [9.17, 15) is 4.79 Å². The van der Waals surface area contributed by atoms with Crippen molar-refractivity contribution in [2.24, 2.45) is 5.73 Å². The second-order valence-corrected chi connectivity index (χ2v) is 6.94. The number of carbonyl (C=O) groups excluding carboxylic acids is 1. The molecule has 0 saturated carbocycles. The third-order valence-electron chi connectivity index (χ3n) is 4.03. The number of benzene rings is 2. The minimum Gasteiger partial charge on any atom is -0.457 e. The lowest BCUT2D eigenvalue weighted by Gasteiger charge is -2.35. The van der Waals surface area contributed by atoms with Crippen LogP contribution in [-0.2, 0) is 9.47 Å². The predicted octanol–water partition coefficient (Wildman–Crippen LogP) is 4.22. The Kier molecular flexibility index (Phi) is 5.83. The number of para-hydroxylation sites is 1. The summed E-state index contributed by atoms with van der Waals surface area (Å²) in [6, 6.07) is 17.5. The van der Waals surface area contributed by atoms with E-state index in [1.165, 1.54) is 0 Å². The van der Waals surface area contributed by atoms with Gasteiger partial charge in [-0.25, -0.2) is 4.79 Å². The fourth-order valence-electron chi connectivity index (χ4n) is 2.68. The van der Waals surface area contributed by atoms with Crippen molar-refractivity contribution >= 4 is 17.9 Å². The Balaban J connectivity index is 1.59. The third kappa shape index (κ3) is 5.14. The van der Waals surface area contributed by atoms with E-state index < -0.39 is 11.7 Å². The van der Waals surface area contributed by atoms with Crippen LogP contribution in [-0.4, -0.2) is 30.7 Å². The van der Waals surface area contributed by atoms with Gasteiger partial charge in [0.05, 0.1) is 13.2 Å². The van der Waals surface area contributed by atoms with Crippen LogP contribution in [0.15, 0.2) is 59.5 Å². The number of carbonyl (C=O) groups is 1. The molecule has 25 heavy (non-hydrogen) atoms. The summed E-state index contributed by atoms with van der Waals surface area (Å²) >= 11 is 1.64. The van der Waals surface area contributed by atoms with Gasteiger partial charge in [-0.15, -0.1) is 11.8 Å². The summed E-state index contributed by atoms with van der Waals surface area (Å²) in [5, 5.41) is 0. The maximum Gasteiger partial charge on any atom is 0.405 e. The van der Waals surface area contributed by atoms with Gasteiger partial charge in [0, 0.05) is 23.5 Å². The molecule has 1 saturated heterocycles. The molecule has 1 aliphatic heterocycles. The summed E-state index contributed by atoms with van der Waals surface area (Å²) in [4.78, 5) is 12.3. The van der Waals surface area contributed by atoms with Crippen LogP contribution in [0.3, 0.4) is 0 Å². The van der Waals surface area contributed by atoms with E-state index in [4.69, 9.17) is 19.9 Å². The fourth-order valence-corrected chi connectivity index (χ4v) is 3.78. The molecule has 0 atom stereocenters. The second-order valence-electron chi connectivity index (χ2n) is 5.89. The molecule has 1 aliphatic rings. The zero-order valence-electron chi connectivity index (χ0n) is 13.9. The van der Waals surface area contributed by atoms with Crippen molar-refractivity contribution in [3.63, 3.8) is 0 Å². The largest absolute Gasteiger partial charge is 0.457 e. The Morgan fingerprint density at radius 3 is 2.32 bits per heavy atom. The van der Waals surface area contributed by atoms with Gasteiger partial charge in [0.1, 0.15) is 17.1 Å². The molecule has 2 N–H and O–H groups in total.